The van der Waals surface area contributed by atoms with Crippen molar-refractivity contribution in [2.24, 2.45) is 5.92 Å². The van der Waals surface area contributed by atoms with Gasteiger partial charge in [-0.2, -0.15) is 0 Å². The summed E-state index contributed by atoms with van der Waals surface area (Å²) in [5.74, 6) is 0.606. The average molecular weight is 368 g/mol. The van der Waals surface area contributed by atoms with Crippen molar-refractivity contribution in [3.05, 3.63) is 28.4 Å². The number of amides is 1. The van der Waals surface area contributed by atoms with Crippen LogP contribution >= 0.6 is 0 Å². The number of hydrogen-bond acceptors (Lipinski definition) is 7. The fourth-order valence-electron chi connectivity index (χ4n) is 3.27. The molecular formula is C15H20N4O5S. The zero-order valence-corrected chi connectivity index (χ0v) is 14.4. The Morgan fingerprint density at radius 2 is 2.00 bits per heavy atom. The Hall–Kier alpha value is -2.23. The second-order valence-electron chi connectivity index (χ2n) is 6.50. The van der Waals surface area contributed by atoms with E-state index in [1.54, 1.807) is 6.07 Å². The second-order valence-corrected chi connectivity index (χ2v) is 8.73. The Morgan fingerprint density at radius 3 is 2.52 bits per heavy atom. The van der Waals surface area contributed by atoms with Crippen molar-refractivity contribution in [3.63, 3.8) is 0 Å². The highest BCUT2D eigenvalue weighted by molar-refractivity contribution is 7.91. The third kappa shape index (κ3) is 4.25. The molecule has 136 valence electrons. The molecular weight excluding hydrogens is 348 g/mol. The van der Waals surface area contributed by atoms with Crippen LogP contribution in [0.1, 0.15) is 19.3 Å². The number of carbonyl (C=O) groups excluding carboxylic acids is 1. The van der Waals surface area contributed by atoms with Crippen molar-refractivity contribution in [2.45, 2.75) is 25.3 Å². The number of aromatic nitrogens is 1. The molecule has 1 amide bonds. The Balaban J connectivity index is 1.51. The van der Waals surface area contributed by atoms with Gasteiger partial charge in [0, 0.05) is 31.1 Å². The molecule has 0 spiro atoms. The first-order valence-corrected chi connectivity index (χ1v) is 10.0. The molecule has 3 rings (SSSR count). The SMILES string of the molecule is O=C(NC1CCS(=O)(=O)C1)C1CCN(c2ccc([N+](=O)[O-])cn2)CC1. The van der Waals surface area contributed by atoms with E-state index in [9.17, 15) is 23.3 Å². The minimum Gasteiger partial charge on any atom is -0.357 e. The summed E-state index contributed by atoms with van der Waals surface area (Å²) in [6, 6.07) is 2.76. The normalized spacial score (nSPS) is 23.4. The number of piperidine rings is 1. The van der Waals surface area contributed by atoms with Crippen molar-refractivity contribution >= 4 is 27.2 Å². The van der Waals surface area contributed by atoms with Crippen LogP contribution in [-0.4, -0.2) is 54.9 Å². The quantitative estimate of drug-likeness (QED) is 0.607. The van der Waals surface area contributed by atoms with Crippen LogP contribution in [0.5, 0.6) is 0 Å². The molecule has 3 heterocycles. The number of nitro groups is 1. The highest BCUT2D eigenvalue weighted by Crippen LogP contribution is 2.24. The average Bonchev–Trinajstić information content (AvgIpc) is 2.93. The predicted octanol–water partition coefficient (Wildman–Crippen LogP) is 0.510. The van der Waals surface area contributed by atoms with Gasteiger partial charge in [-0.1, -0.05) is 0 Å². The van der Waals surface area contributed by atoms with Crippen LogP contribution in [0.25, 0.3) is 0 Å². The summed E-state index contributed by atoms with van der Waals surface area (Å²) >= 11 is 0. The van der Waals surface area contributed by atoms with Gasteiger partial charge >= 0.3 is 0 Å². The Kier molecular flexibility index (Phi) is 4.89. The van der Waals surface area contributed by atoms with Crippen LogP contribution in [0.3, 0.4) is 0 Å². The topological polar surface area (TPSA) is 123 Å². The van der Waals surface area contributed by atoms with Gasteiger partial charge < -0.3 is 10.2 Å². The van der Waals surface area contributed by atoms with Crippen molar-refractivity contribution in [1.29, 1.82) is 0 Å². The van der Waals surface area contributed by atoms with E-state index in [4.69, 9.17) is 0 Å². The van der Waals surface area contributed by atoms with Gasteiger partial charge in [-0.15, -0.1) is 0 Å². The number of hydrogen-bond donors (Lipinski definition) is 1. The monoisotopic (exact) mass is 368 g/mol. The van der Waals surface area contributed by atoms with Gasteiger partial charge in [-0.05, 0) is 25.3 Å². The highest BCUT2D eigenvalue weighted by Gasteiger charge is 2.32. The summed E-state index contributed by atoms with van der Waals surface area (Å²) < 4.78 is 22.9. The van der Waals surface area contributed by atoms with Crippen LogP contribution in [0.2, 0.25) is 0 Å². The molecule has 2 aliphatic heterocycles. The van der Waals surface area contributed by atoms with E-state index in [-0.39, 0.29) is 35.1 Å². The predicted molar refractivity (Wildman–Crippen MR) is 91.0 cm³/mol. The van der Waals surface area contributed by atoms with Crippen LogP contribution in [0.15, 0.2) is 18.3 Å². The molecule has 10 heteroatoms. The summed E-state index contributed by atoms with van der Waals surface area (Å²) in [6.07, 6.45) is 3.00. The van der Waals surface area contributed by atoms with Crippen molar-refractivity contribution in [2.75, 3.05) is 29.5 Å². The number of anilines is 1. The maximum Gasteiger partial charge on any atom is 0.287 e. The number of nitrogens with one attached hydrogen (secondary N) is 1. The van der Waals surface area contributed by atoms with Gasteiger partial charge in [0.05, 0.1) is 16.4 Å². The molecule has 0 saturated carbocycles. The molecule has 2 saturated heterocycles. The van der Waals surface area contributed by atoms with Gasteiger partial charge in [-0.3, -0.25) is 14.9 Å². The summed E-state index contributed by atoms with van der Waals surface area (Å²) in [5.41, 5.74) is -0.0514. The Labute approximate surface area is 145 Å². The lowest BCUT2D eigenvalue weighted by atomic mass is 9.95. The molecule has 1 aromatic heterocycles. The number of sulfone groups is 1. The van der Waals surface area contributed by atoms with Gasteiger partial charge in [0.2, 0.25) is 5.91 Å². The van der Waals surface area contributed by atoms with Gasteiger partial charge in [0.25, 0.3) is 5.69 Å². The van der Waals surface area contributed by atoms with E-state index in [0.717, 1.165) is 0 Å². The highest BCUT2D eigenvalue weighted by atomic mass is 32.2. The van der Waals surface area contributed by atoms with Gasteiger partial charge in [-0.25, -0.2) is 13.4 Å². The summed E-state index contributed by atoms with van der Waals surface area (Å²) in [6.45, 7) is 1.26. The molecule has 2 fully saturated rings. The van der Waals surface area contributed by atoms with Crippen LogP contribution < -0.4 is 10.2 Å². The first-order chi connectivity index (χ1) is 11.8. The lowest BCUT2D eigenvalue weighted by Gasteiger charge is -2.32. The molecule has 0 aliphatic carbocycles. The molecule has 1 N–H and O–H groups in total. The van der Waals surface area contributed by atoms with E-state index >= 15 is 0 Å². The van der Waals surface area contributed by atoms with Crippen molar-refractivity contribution in [1.82, 2.24) is 10.3 Å². The van der Waals surface area contributed by atoms with Crippen molar-refractivity contribution in [3.8, 4) is 0 Å². The van der Waals surface area contributed by atoms with Crippen LogP contribution in [0.4, 0.5) is 11.5 Å². The molecule has 1 unspecified atom stereocenters. The van der Waals surface area contributed by atoms with E-state index < -0.39 is 14.8 Å². The van der Waals surface area contributed by atoms with Crippen LogP contribution in [-0.2, 0) is 14.6 Å². The van der Waals surface area contributed by atoms with Crippen molar-refractivity contribution < 1.29 is 18.1 Å². The number of rotatable bonds is 4. The lowest BCUT2D eigenvalue weighted by molar-refractivity contribution is -0.385. The minimum atomic E-state index is -3.01. The molecule has 0 bridgehead atoms. The minimum absolute atomic E-state index is 0.0320. The second kappa shape index (κ2) is 6.95. The van der Waals surface area contributed by atoms with Gasteiger partial charge in [0.15, 0.2) is 9.84 Å². The number of carbonyl (C=O) groups is 1. The molecule has 1 atom stereocenters. The first-order valence-electron chi connectivity index (χ1n) is 8.20. The summed E-state index contributed by atoms with van der Waals surface area (Å²) in [7, 11) is -3.01. The smallest absolute Gasteiger partial charge is 0.287 e. The Morgan fingerprint density at radius 1 is 1.28 bits per heavy atom. The molecule has 2 aliphatic rings. The number of nitrogens with zero attached hydrogens (tertiary/aromatic N) is 3. The Bertz CT molecular complexity index is 757. The third-order valence-electron chi connectivity index (χ3n) is 4.71. The molecule has 1 aromatic rings. The maximum atomic E-state index is 12.3. The fourth-order valence-corrected chi connectivity index (χ4v) is 4.95. The molecule has 9 nitrogen and oxygen atoms in total. The maximum absolute atomic E-state index is 12.3. The van der Waals surface area contributed by atoms with E-state index in [1.165, 1.54) is 12.3 Å². The zero-order valence-electron chi connectivity index (χ0n) is 13.6. The van der Waals surface area contributed by atoms with E-state index in [2.05, 4.69) is 10.3 Å². The molecule has 0 radical (unpaired) electrons. The largest absolute Gasteiger partial charge is 0.357 e. The first kappa shape index (κ1) is 17.6. The fraction of sp³-hybridized carbons (Fsp3) is 0.600. The lowest BCUT2D eigenvalue weighted by Crippen LogP contribution is -2.44. The molecule has 25 heavy (non-hydrogen) atoms. The summed E-state index contributed by atoms with van der Waals surface area (Å²) in [5, 5.41) is 13.5. The third-order valence-corrected chi connectivity index (χ3v) is 6.48. The van der Waals surface area contributed by atoms with Crippen LogP contribution in [0, 0.1) is 16.0 Å². The standard InChI is InChI=1S/C15H20N4O5S/c20-15(17-12-5-8-25(23,24)10-12)11-3-6-18(7-4-11)14-2-1-13(9-16-14)19(21)22/h1-2,9,11-12H,3-8,10H2,(H,17,20). The molecule has 0 aromatic carbocycles. The van der Waals surface area contributed by atoms with E-state index in [1.807, 2.05) is 4.90 Å². The number of pyridine rings is 1. The summed E-state index contributed by atoms with van der Waals surface area (Å²) in [4.78, 5) is 28.6. The van der Waals surface area contributed by atoms with E-state index in [0.29, 0.717) is 38.2 Å². The zero-order chi connectivity index (χ0) is 18.0. The van der Waals surface area contributed by atoms with Gasteiger partial charge in [0.1, 0.15) is 12.0 Å².